The Balaban J connectivity index is 2.83. The molecular formula is C24H38N4O7. The molecule has 0 spiro atoms. The van der Waals surface area contributed by atoms with E-state index in [1.165, 1.54) is 5.48 Å². The lowest BCUT2D eigenvalue weighted by molar-refractivity contribution is -0.131. The summed E-state index contributed by atoms with van der Waals surface area (Å²) >= 11 is 0. The number of hydrogen-bond donors (Lipinski definition) is 5. The zero-order valence-electron chi connectivity index (χ0n) is 21.2. The molecule has 1 aromatic carbocycles. The van der Waals surface area contributed by atoms with Crippen LogP contribution < -0.4 is 26.2 Å². The van der Waals surface area contributed by atoms with Crippen LogP contribution in [0.15, 0.2) is 18.2 Å². The van der Waals surface area contributed by atoms with E-state index in [2.05, 4.69) is 22.9 Å². The molecular weight excluding hydrogens is 456 g/mol. The van der Waals surface area contributed by atoms with Crippen molar-refractivity contribution in [2.45, 2.75) is 71.9 Å². The van der Waals surface area contributed by atoms with Gasteiger partial charge >= 0.3 is 6.09 Å². The van der Waals surface area contributed by atoms with Crippen LogP contribution in [0.3, 0.4) is 0 Å². The third-order valence-electron chi connectivity index (χ3n) is 4.69. The smallest absolute Gasteiger partial charge is 0.408 e. The monoisotopic (exact) mass is 494 g/mol. The van der Waals surface area contributed by atoms with Crippen LogP contribution in [0.5, 0.6) is 5.75 Å². The molecule has 4 amide bonds. The molecule has 11 nitrogen and oxygen atoms in total. The van der Waals surface area contributed by atoms with Crippen LogP contribution in [0.25, 0.3) is 0 Å². The van der Waals surface area contributed by atoms with Crippen LogP contribution in [-0.4, -0.2) is 60.4 Å². The Hall–Kier alpha value is -3.34. The van der Waals surface area contributed by atoms with Gasteiger partial charge in [0.1, 0.15) is 23.9 Å². The van der Waals surface area contributed by atoms with E-state index in [9.17, 15) is 19.2 Å². The predicted molar refractivity (Wildman–Crippen MR) is 129 cm³/mol. The molecule has 0 saturated carbocycles. The van der Waals surface area contributed by atoms with E-state index in [0.717, 1.165) is 24.8 Å². The molecule has 1 unspecified atom stereocenters. The van der Waals surface area contributed by atoms with Crippen LogP contribution in [0.4, 0.5) is 4.79 Å². The minimum Gasteiger partial charge on any atom is -0.483 e. The van der Waals surface area contributed by atoms with Crippen LogP contribution in [-0.2, 0) is 25.5 Å². The Morgan fingerprint density at radius 1 is 1.06 bits per heavy atom. The highest BCUT2D eigenvalue weighted by Gasteiger charge is 2.23. The molecule has 0 aliphatic carbocycles. The number of hydrogen-bond acceptors (Lipinski definition) is 7. The number of unbranched alkanes of at least 4 members (excludes halogenated alkanes) is 2. The number of alkyl carbamates (subject to hydrolysis) is 1. The normalized spacial score (nSPS) is 11.7. The van der Waals surface area contributed by atoms with Crippen molar-refractivity contribution in [2.24, 2.45) is 0 Å². The third-order valence-corrected chi connectivity index (χ3v) is 4.69. The zero-order chi connectivity index (χ0) is 26.4. The van der Waals surface area contributed by atoms with Crippen molar-refractivity contribution in [3.63, 3.8) is 0 Å². The third kappa shape index (κ3) is 12.6. The Morgan fingerprint density at radius 3 is 2.37 bits per heavy atom. The number of amides is 4. The SMILES string of the molecule is CCCCCNC(=O)C(Cc1ccc(OCC(=O)NO)c(C)c1)NC(=O)CNC(=O)OC(C)(C)C. The summed E-state index contributed by atoms with van der Waals surface area (Å²) in [7, 11) is 0. The fraction of sp³-hybridized carbons (Fsp3) is 0.583. The summed E-state index contributed by atoms with van der Waals surface area (Å²) in [5, 5.41) is 16.5. The van der Waals surface area contributed by atoms with Gasteiger partial charge in [0.25, 0.3) is 5.91 Å². The molecule has 1 atom stereocenters. The van der Waals surface area contributed by atoms with Crippen LogP contribution in [0.1, 0.15) is 58.1 Å². The summed E-state index contributed by atoms with van der Waals surface area (Å²) in [6, 6.07) is 4.30. The second-order valence-corrected chi connectivity index (χ2v) is 9.10. The molecule has 0 bridgehead atoms. The van der Waals surface area contributed by atoms with E-state index >= 15 is 0 Å². The van der Waals surface area contributed by atoms with Gasteiger partial charge in [-0.15, -0.1) is 0 Å². The van der Waals surface area contributed by atoms with E-state index in [4.69, 9.17) is 14.7 Å². The van der Waals surface area contributed by atoms with Crippen LogP contribution in [0, 0.1) is 6.92 Å². The standard InChI is InChI=1S/C24H38N4O7/c1-6-7-8-11-25-22(31)18(27-20(29)14-26-23(32)35-24(3,4)5)13-17-9-10-19(16(2)12-17)34-15-21(30)28-33/h9-10,12,18,33H,6-8,11,13-15H2,1-5H3,(H,25,31)(H,26,32)(H,27,29)(H,28,30). The summed E-state index contributed by atoms with van der Waals surface area (Å²) in [6.45, 7) is 8.79. The molecule has 196 valence electrons. The average molecular weight is 495 g/mol. The number of carbonyl (C=O) groups is 4. The summed E-state index contributed by atoms with van der Waals surface area (Å²) in [5.41, 5.74) is 2.27. The maximum Gasteiger partial charge on any atom is 0.408 e. The number of rotatable bonds is 13. The lowest BCUT2D eigenvalue weighted by Crippen LogP contribution is -2.51. The van der Waals surface area contributed by atoms with Crippen molar-refractivity contribution in [1.29, 1.82) is 0 Å². The summed E-state index contributed by atoms with van der Waals surface area (Å²) in [4.78, 5) is 48.2. The van der Waals surface area contributed by atoms with Gasteiger partial charge in [0.2, 0.25) is 11.8 Å². The number of nitrogens with one attached hydrogen (secondary N) is 4. The molecule has 0 aromatic heterocycles. The molecule has 0 aliphatic heterocycles. The van der Waals surface area contributed by atoms with Crippen molar-refractivity contribution >= 4 is 23.8 Å². The summed E-state index contributed by atoms with van der Waals surface area (Å²) in [5.74, 6) is -1.10. The zero-order valence-corrected chi connectivity index (χ0v) is 21.2. The molecule has 1 aromatic rings. The van der Waals surface area contributed by atoms with Crippen molar-refractivity contribution in [1.82, 2.24) is 21.4 Å². The highest BCUT2D eigenvalue weighted by atomic mass is 16.6. The van der Waals surface area contributed by atoms with Crippen LogP contribution in [0.2, 0.25) is 0 Å². The van der Waals surface area contributed by atoms with Gasteiger partial charge in [-0.3, -0.25) is 19.6 Å². The molecule has 11 heteroatoms. The van der Waals surface area contributed by atoms with Gasteiger partial charge in [0.15, 0.2) is 6.61 Å². The number of aryl methyl sites for hydroxylation is 1. The van der Waals surface area contributed by atoms with E-state index in [1.807, 2.05) is 0 Å². The average Bonchev–Trinajstić information content (AvgIpc) is 2.78. The number of carbonyl (C=O) groups excluding carboxylic acids is 4. The van der Waals surface area contributed by atoms with Crippen molar-refractivity contribution in [3.8, 4) is 5.75 Å². The summed E-state index contributed by atoms with van der Waals surface area (Å²) in [6.07, 6.45) is 2.30. The molecule has 0 saturated heterocycles. The number of ether oxygens (including phenoxy) is 2. The van der Waals surface area contributed by atoms with Crippen molar-refractivity contribution < 1.29 is 33.9 Å². The highest BCUT2D eigenvalue weighted by Crippen LogP contribution is 2.20. The Kier molecular flexibility index (Phi) is 12.6. The van der Waals surface area contributed by atoms with E-state index < -0.39 is 29.6 Å². The molecule has 0 heterocycles. The number of hydroxylamine groups is 1. The maximum atomic E-state index is 12.8. The van der Waals surface area contributed by atoms with Gasteiger partial charge in [0, 0.05) is 13.0 Å². The first-order valence-electron chi connectivity index (χ1n) is 11.6. The lowest BCUT2D eigenvalue weighted by atomic mass is 10.0. The topological polar surface area (TPSA) is 155 Å². The van der Waals surface area contributed by atoms with E-state index in [-0.39, 0.29) is 25.5 Å². The van der Waals surface area contributed by atoms with Crippen molar-refractivity contribution in [2.75, 3.05) is 19.7 Å². The summed E-state index contributed by atoms with van der Waals surface area (Å²) < 4.78 is 10.5. The van der Waals surface area contributed by atoms with Gasteiger partial charge in [-0.25, -0.2) is 10.3 Å². The Bertz CT molecular complexity index is 868. The Labute approximate surface area is 206 Å². The quantitative estimate of drug-likeness (QED) is 0.159. The van der Waals surface area contributed by atoms with Gasteiger partial charge in [0.05, 0.1) is 0 Å². The minimum atomic E-state index is -0.865. The fourth-order valence-electron chi connectivity index (χ4n) is 3.04. The molecule has 1 rings (SSSR count). The van der Waals surface area contributed by atoms with Crippen LogP contribution >= 0.6 is 0 Å². The first-order chi connectivity index (χ1) is 16.4. The molecule has 0 fully saturated rings. The molecule has 35 heavy (non-hydrogen) atoms. The van der Waals surface area contributed by atoms with Crippen molar-refractivity contribution in [3.05, 3.63) is 29.3 Å². The second-order valence-electron chi connectivity index (χ2n) is 9.10. The predicted octanol–water partition coefficient (Wildman–Crippen LogP) is 1.74. The van der Waals surface area contributed by atoms with E-state index in [1.54, 1.807) is 45.9 Å². The van der Waals surface area contributed by atoms with E-state index in [0.29, 0.717) is 17.9 Å². The van der Waals surface area contributed by atoms with Gasteiger partial charge < -0.3 is 25.4 Å². The molecule has 0 radical (unpaired) electrons. The van der Waals surface area contributed by atoms with Gasteiger partial charge in [-0.05, 0) is 51.3 Å². The minimum absolute atomic E-state index is 0.204. The number of benzene rings is 1. The maximum absolute atomic E-state index is 12.8. The first kappa shape index (κ1) is 29.7. The lowest BCUT2D eigenvalue weighted by Gasteiger charge is -2.21. The first-order valence-corrected chi connectivity index (χ1v) is 11.6. The van der Waals surface area contributed by atoms with Gasteiger partial charge in [-0.1, -0.05) is 31.9 Å². The Morgan fingerprint density at radius 2 is 1.77 bits per heavy atom. The van der Waals surface area contributed by atoms with Gasteiger partial charge in [-0.2, -0.15) is 0 Å². The second kappa shape index (κ2) is 14.8. The highest BCUT2D eigenvalue weighted by molar-refractivity contribution is 5.89. The fourth-order valence-corrected chi connectivity index (χ4v) is 3.04. The molecule has 5 N–H and O–H groups in total. The molecule has 0 aliphatic rings. The largest absolute Gasteiger partial charge is 0.483 e.